The molecule has 3 aliphatic heterocycles. The van der Waals surface area contributed by atoms with E-state index in [9.17, 15) is 18.3 Å². The molecule has 0 saturated carbocycles. The van der Waals surface area contributed by atoms with Crippen molar-refractivity contribution in [1.82, 2.24) is 9.62 Å². The normalized spacial score (nSPS) is 20.7. The van der Waals surface area contributed by atoms with Gasteiger partial charge in [-0.1, -0.05) is 38.1 Å². The third kappa shape index (κ3) is 8.48. The first-order chi connectivity index (χ1) is 24.1. The maximum atomic E-state index is 13.9. The monoisotopic (exact) mass is 707 g/mol. The molecule has 2 saturated heterocycles. The van der Waals surface area contributed by atoms with Gasteiger partial charge in [0.05, 0.1) is 47.8 Å². The van der Waals surface area contributed by atoms with Crippen LogP contribution in [0.4, 0.5) is 4.79 Å². The van der Waals surface area contributed by atoms with Crippen molar-refractivity contribution < 1.29 is 46.7 Å². The zero-order valence-corrected chi connectivity index (χ0v) is 28.7. The number of rotatable bonds is 14. The van der Waals surface area contributed by atoms with Crippen LogP contribution in [0.2, 0.25) is 0 Å². The molecule has 3 aliphatic rings. The Hall–Kier alpha value is -4.39. The summed E-state index contributed by atoms with van der Waals surface area (Å²) < 4.78 is 62.6. The highest BCUT2D eigenvalue weighted by Gasteiger charge is 2.44. The van der Waals surface area contributed by atoms with Gasteiger partial charge in [-0.15, -0.1) is 0 Å². The lowest BCUT2D eigenvalue weighted by molar-refractivity contribution is -0.0907. The van der Waals surface area contributed by atoms with Crippen LogP contribution in [0, 0.1) is 23.2 Å². The fraction of sp³-hybridized carbons (Fsp3) is 0.444. The molecule has 0 bridgehead atoms. The zero-order valence-electron chi connectivity index (χ0n) is 27.9. The number of nitrogens with one attached hydrogen (secondary N) is 1. The van der Waals surface area contributed by atoms with Crippen LogP contribution in [0.15, 0.2) is 71.6 Å². The van der Waals surface area contributed by atoms with Gasteiger partial charge in [-0.3, -0.25) is 0 Å². The van der Waals surface area contributed by atoms with Gasteiger partial charge in [0, 0.05) is 19.2 Å². The van der Waals surface area contributed by atoms with Crippen LogP contribution >= 0.6 is 0 Å². The van der Waals surface area contributed by atoms with Crippen LogP contribution in [0.3, 0.4) is 0 Å². The van der Waals surface area contributed by atoms with E-state index < -0.39 is 40.7 Å². The minimum absolute atomic E-state index is 0.00142. The second kappa shape index (κ2) is 15.7. The minimum Gasteiger partial charge on any atom is -0.489 e. The highest BCUT2D eigenvalue weighted by atomic mass is 32.2. The van der Waals surface area contributed by atoms with Gasteiger partial charge >= 0.3 is 6.09 Å². The summed E-state index contributed by atoms with van der Waals surface area (Å²) in [6, 6.07) is 19.9. The number of carbonyl (C=O) groups is 1. The van der Waals surface area contributed by atoms with E-state index in [0.717, 1.165) is 11.1 Å². The molecule has 266 valence electrons. The molecule has 14 heteroatoms. The number of sulfonamides is 1. The van der Waals surface area contributed by atoms with Gasteiger partial charge < -0.3 is 38.8 Å². The summed E-state index contributed by atoms with van der Waals surface area (Å²) in [7, 11) is -4.09. The maximum absolute atomic E-state index is 13.9. The number of hydrogen-bond donors (Lipinski definition) is 2. The number of alkyl carbamates (subject to hydrolysis) is 1. The van der Waals surface area contributed by atoms with Gasteiger partial charge in [0.15, 0.2) is 17.8 Å². The molecule has 0 spiro atoms. The number of nitriles is 1. The number of amides is 1. The summed E-state index contributed by atoms with van der Waals surface area (Å²) >= 11 is 0. The van der Waals surface area contributed by atoms with Crippen molar-refractivity contribution in [3.63, 3.8) is 0 Å². The van der Waals surface area contributed by atoms with Gasteiger partial charge in [-0.25, -0.2) is 13.2 Å². The average molecular weight is 708 g/mol. The van der Waals surface area contributed by atoms with Crippen molar-refractivity contribution in [3.05, 3.63) is 83.4 Å². The van der Waals surface area contributed by atoms with E-state index in [1.165, 1.54) is 16.4 Å². The fourth-order valence-electron chi connectivity index (χ4n) is 6.23. The van der Waals surface area contributed by atoms with Gasteiger partial charge in [0.2, 0.25) is 16.8 Å². The predicted octanol–water partition coefficient (Wildman–Crippen LogP) is 3.97. The van der Waals surface area contributed by atoms with Crippen molar-refractivity contribution in [2.45, 2.75) is 62.7 Å². The number of aliphatic hydroxyl groups is 1. The summed E-state index contributed by atoms with van der Waals surface area (Å²) in [6.07, 6.45) is -2.11. The van der Waals surface area contributed by atoms with Crippen molar-refractivity contribution in [2.24, 2.45) is 11.8 Å². The van der Waals surface area contributed by atoms with E-state index in [1.54, 1.807) is 36.4 Å². The number of carbonyl (C=O) groups excluding carboxylic acids is 1. The lowest BCUT2D eigenvalue weighted by Gasteiger charge is -2.31. The molecule has 3 heterocycles. The van der Waals surface area contributed by atoms with Crippen molar-refractivity contribution in [1.29, 1.82) is 5.26 Å². The van der Waals surface area contributed by atoms with E-state index in [-0.39, 0.29) is 56.2 Å². The Morgan fingerprint density at radius 1 is 1.04 bits per heavy atom. The molecule has 50 heavy (non-hydrogen) atoms. The molecular weight excluding hydrogens is 666 g/mol. The molecule has 3 aromatic rings. The molecule has 3 aromatic carbocycles. The van der Waals surface area contributed by atoms with Gasteiger partial charge in [0.1, 0.15) is 18.5 Å². The van der Waals surface area contributed by atoms with Gasteiger partial charge in [0.25, 0.3) is 0 Å². The van der Waals surface area contributed by atoms with Crippen LogP contribution in [0.5, 0.6) is 17.2 Å². The van der Waals surface area contributed by atoms with Crippen molar-refractivity contribution in [3.8, 4) is 23.3 Å². The Labute approximate surface area is 291 Å². The maximum Gasteiger partial charge on any atom is 0.407 e. The first-order valence-corrected chi connectivity index (χ1v) is 18.0. The quantitative estimate of drug-likeness (QED) is 0.249. The number of hydrogen-bond acceptors (Lipinski definition) is 11. The van der Waals surface area contributed by atoms with Crippen molar-refractivity contribution >= 4 is 16.1 Å². The number of ether oxygens (including phenoxy) is 6. The molecule has 6 rings (SSSR count). The van der Waals surface area contributed by atoms with Crippen LogP contribution in [0.1, 0.15) is 37.0 Å². The lowest BCUT2D eigenvalue weighted by Crippen LogP contribution is -2.51. The number of nitrogens with zero attached hydrogens (tertiary/aromatic N) is 2. The number of benzene rings is 3. The van der Waals surface area contributed by atoms with Crippen LogP contribution in [-0.2, 0) is 37.3 Å². The van der Waals surface area contributed by atoms with E-state index in [2.05, 4.69) is 11.4 Å². The summed E-state index contributed by atoms with van der Waals surface area (Å²) in [5, 5.41) is 23.6. The zero-order chi connectivity index (χ0) is 35.3. The molecule has 2 N–H and O–H groups in total. The Kier molecular flexibility index (Phi) is 11.1. The first kappa shape index (κ1) is 35.4. The predicted molar refractivity (Wildman–Crippen MR) is 179 cm³/mol. The Balaban J connectivity index is 1.18. The third-order valence-electron chi connectivity index (χ3n) is 8.79. The van der Waals surface area contributed by atoms with Crippen LogP contribution < -0.4 is 19.5 Å². The number of fused-ring (bicyclic) bond motifs is 2. The molecule has 2 fully saturated rings. The second-order valence-electron chi connectivity index (χ2n) is 13.0. The van der Waals surface area contributed by atoms with E-state index in [1.807, 2.05) is 32.0 Å². The van der Waals surface area contributed by atoms with E-state index >= 15 is 0 Å². The SMILES string of the molecule is CC(C)CN(C[C@@H](O)[C@H](Cc1ccc(OCc2cccc(C#N)c2)cc1)NC(=O)O[C@H]1CO[C@H]2OCC[C@H]21)S(=O)(=O)c1ccc2c(c1)OCO2. The fourth-order valence-corrected chi connectivity index (χ4v) is 7.86. The third-order valence-corrected chi connectivity index (χ3v) is 10.6. The summed E-state index contributed by atoms with van der Waals surface area (Å²) in [5.41, 5.74) is 2.16. The summed E-state index contributed by atoms with van der Waals surface area (Å²) in [6.45, 7) is 4.59. The highest BCUT2D eigenvalue weighted by Crippen LogP contribution is 2.35. The Morgan fingerprint density at radius 3 is 2.62 bits per heavy atom. The second-order valence-corrected chi connectivity index (χ2v) is 14.9. The molecule has 0 aliphatic carbocycles. The molecule has 0 unspecified atom stereocenters. The van der Waals surface area contributed by atoms with Crippen molar-refractivity contribution in [2.75, 3.05) is 33.1 Å². The molecule has 13 nitrogen and oxygen atoms in total. The number of aliphatic hydroxyl groups excluding tert-OH is 1. The van der Waals surface area contributed by atoms with E-state index in [0.29, 0.717) is 35.8 Å². The minimum atomic E-state index is -4.09. The molecule has 0 radical (unpaired) electrons. The average Bonchev–Trinajstić information content (AvgIpc) is 3.86. The first-order valence-electron chi connectivity index (χ1n) is 16.6. The van der Waals surface area contributed by atoms with Gasteiger partial charge in [-0.2, -0.15) is 9.57 Å². The van der Waals surface area contributed by atoms with Crippen LogP contribution in [-0.4, -0.2) is 81.6 Å². The molecule has 0 aromatic heterocycles. The lowest BCUT2D eigenvalue weighted by atomic mass is 10.0. The smallest absolute Gasteiger partial charge is 0.407 e. The Bertz CT molecular complexity index is 1800. The summed E-state index contributed by atoms with van der Waals surface area (Å²) in [5.74, 6) is 1.23. The van der Waals surface area contributed by atoms with E-state index in [4.69, 9.17) is 33.7 Å². The highest BCUT2D eigenvalue weighted by molar-refractivity contribution is 7.89. The topological polar surface area (TPSA) is 166 Å². The van der Waals surface area contributed by atoms with Crippen LogP contribution in [0.25, 0.3) is 0 Å². The molecule has 5 atom stereocenters. The van der Waals surface area contributed by atoms with Gasteiger partial charge in [-0.05, 0) is 66.3 Å². The molecular formula is C36H41N3O10S. The Morgan fingerprint density at radius 2 is 1.84 bits per heavy atom. The summed E-state index contributed by atoms with van der Waals surface area (Å²) in [4.78, 5) is 13.3. The standard InChI is InChI=1S/C36H41N3O10S/c1-23(2)18-39(50(42,43)28-10-11-32-33(16-28)48-22-47-32)19-31(40)30(38-36(41)49-34-21-46-35-29(34)12-13-44-35)15-24-6-8-27(9-7-24)45-20-26-5-3-4-25(14-26)17-37/h3-11,14,16,23,29-31,34-35,40H,12-13,15,18-22H2,1-2H3,(H,38,41)/t29-,30-,31+,34-,35+/m0/s1. The molecule has 1 amide bonds. The largest absolute Gasteiger partial charge is 0.489 e.